The molecular formula is C13H17ClN2O3. The Hall–Kier alpha value is -1.75. The first kappa shape index (κ1) is 15.3. The van der Waals surface area contributed by atoms with E-state index < -0.39 is 17.6 Å². The maximum absolute atomic E-state index is 11.7. The topological polar surface area (TPSA) is 67.4 Å². The van der Waals surface area contributed by atoms with Crippen molar-refractivity contribution in [2.75, 3.05) is 0 Å². The molecule has 0 aromatic heterocycles. The van der Waals surface area contributed by atoms with Crippen LogP contribution in [-0.2, 0) is 10.6 Å². The molecule has 104 valence electrons. The number of halogens is 1. The Balaban J connectivity index is 2.49. The molecule has 0 aliphatic rings. The van der Waals surface area contributed by atoms with Crippen LogP contribution < -0.4 is 10.9 Å². The van der Waals surface area contributed by atoms with E-state index in [0.717, 1.165) is 5.56 Å². The van der Waals surface area contributed by atoms with Crippen LogP contribution >= 0.6 is 11.6 Å². The molecule has 0 atom stereocenters. The zero-order valence-corrected chi connectivity index (χ0v) is 11.9. The van der Waals surface area contributed by atoms with Gasteiger partial charge in [0.2, 0.25) is 0 Å². The number of hydrogen-bond donors (Lipinski definition) is 2. The van der Waals surface area contributed by atoms with Crippen LogP contribution in [0.4, 0.5) is 4.79 Å². The van der Waals surface area contributed by atoms with Gasteiger partial charge in [-0.2, -0.15) is 0 Å². The Morgan fingerprint density at radius 3 is 2.21 bits per heavy atom. The first-order chi connectivity index (χ1) is 8.81. The molecule has 0 saturated carbocycles. The third-order valence-corrected chi connectivity index (χ3v) is 2.36. The second-order valence-corrected chi connectivity index (χ2v) is 5.18. The van der Waals surface area contributed by atoms with Gasteiger partial charge in [-0.1, -0.05) is 12.1 Å². The molecule has 0 fully saturated rings. The number of benzene rings is 1. The van der Waals surface area contributed by atoms with Crippen LogP contribution in [0, 0.1) is 0 Å². The number of amides is 2. The SMILES string of the molecule is CC(C)(C)OC(=O)NNC(=O)c1ccc(CCl)cc1. The number of ether oxygens (including phenoxy) is 1. The molecule has 2 N–H and O–H groups in total. The number of alkyl halides is 1. The molecule has 0 spiro atoms. The van der Waals surface area contributed by atoms with Gasteiger partial charge in [0.25, 0.3) is 5.91 Å². The molecule has 0 unspecified atom stereocenters. The molecule has 0 heterocycles. The summed E-state index contributed by atoms with van der Waals surface area (Å²) in [5.74, 6) is -0.0371. The van der Waals surface area contributed by atoms with E-state index in [4.69, 9.17) is 16.3 Å². The van der Waals surface area contributed by atoms with Crippen LogP contribution in [0.2, 0.25) is 0 Å². The van der Waals surface area contributed by atoms with Crippen molar-refractivity contribution < 1.29 is 14.3 Å². The van der Waals surface area contributed by atoms with Gasteiger partial charge < -0.3 is 4.74 Å². The molecule has 0 aliphatic heterocycles. The second-order valence-electron chi connectivity index (χ2n) is 4.91. The summed E-state index contributed by atoms with van der Waals surface area (Å²) in [7, 11) is 0. The van der Waals surface area contributed by atoms with E-state index >= 15 is 0 Å². The molecular weight excluding hydrogens is 268 g/mol. The van der Waals surface area contributed by atoms with Gasteiger partial charge >= 0.3 is 6.09 Å². The Bertz CT molecular complexity index is 452. The smallest absolute Gasteiger partial charge is 0.426 e. The minimum Gasteiger partial charge on any atom is -0.443 e. The van der Waals surface area contributed by atoms with E-state index in [1.54, 1.807) is 45.0 Å². The highest BCUT2D eigenvalue weighted by molar-refractivity contribution is 6.17. The summed E-state index contributed by atoms with van der Waals surface area (Å²) in [6.07, 6.45) is -0.710. The van der Waals surface area contributed by atoms with Crippen LogP contribution in [0.15, 0.2) is 24.3 Å². The average Bonchev–Trinajstić information content (AvgIpc) is 2.34. The molecule has 0 radical (unpaired) electrons. The zero-order valence-electron chi connectivity index (χ0n) is 11.1. The quantitative estimate of drug-likeness (QED) is 0.648. The van der Waals surface area contributed by atoms with Gasteiger partial charge in [0.15, 0.2) is 0 Å². The van der Waals surface area contributed by atoms with Crippen molar-refractivity contribution in [1.82, 2.24) is 10.9 Å². The summed E-state index contributed by atoms with van der Waals surface area (Å²) in [6, 6.07) is 6.75. The lowest BCUT2D eigenvalue weighted by Crippen LogP contribution is -2.44. The molecule has 1 aromatic rings. The Labute approximate surface area is 117 Å². The lowest BCUT2D eigenvalue weighted by atomic mass is 10.1. The Morgan fingerprint density at radius 2 is 1.74 bits per heavy atom. The summed E-state index contributed by atoms with van der Waals surface area (Å²) in [5, 5.41) is 0. The van der Waals surface area contributed by atoms with Crippen molar-refractivity contribution in [1.29, 1.82) is 0 Å². The third kappa shape index (κ3) is 5.61. The first-order valence-corrected chi connectivity index (χ1v) is 6.29. The highest BCUT2D eigenvalue weighted by Crippen LogP contribution is 2.07. The van der Waals surface area contributed by atoms with Crippen molar-refractivity contribution in [2.45, 2.75) is 32.3 Å². The van der Waals surface area contributed by atoms with Crippen LogP contribution in [-0.4, -0.2) is 17.6 Å². The number of rotatable bonds is 2. The van der Waals surface area contributed by atoms with Crippen LogP contribution in [0.5, 0.6) is 0 Å². The van der Waals surface area contributed by atoms with Crippen LogP contribution in [0.1, 0.15) is 36.7 Å². The Kier molecular flexibility index (Phi) is 5.18. The monoisotopic (exact) mass is 284 g/mol. The molecule has 19 heavy (non-hydrogen) atoms. The zero-order chi connectivity index (χ0) is 14.5. The Morgan fingerprint density at radius 1 is 1.16 bits per heavy atom. The molecule has 1 aromatic carbocycles. The van der Waals surface area contributed by atoms with Crippen molar-refractivity contribution in [3.63, 3.8) is 0 Å². The largest absolute Gasteiger partial charge is 0.443 e. The molecule has 0 bridgehead atoms. The van der Waals surface area contributed by atoms with Crippen LogP contribution in [0.3, 0.4) is 0 Å². The van der Waals surface area contributed by atoms with Gasteiger partial charge in [0.05, 0.1) is 0 Å². The lowest BCUT2D eigenvalue weighted by Gasteiger charge is -2.19. The molecule has 5 nitrogen and oxygen atoms in total. The fraction of sp³-hybridized carbons (Fsp3) is 0.385. The predicted molar refractivity (Wildman–Crippen MR) is 72.8 cm³/mol. The normalized spacial score (nSPS) is 10.7. The standard InChI is InChI=1S/C13H17ClN2O3/c1-13(2,3)19-12(18)16-15-11(17)10-6-4-9(8-14)5-7-10/h4-7H,8H2,1-3H3,(H,15,17)(H,16,18). The maximum atomic E-state index is 11.7. The molecule has 6 heteroatoms. The van der Waals surface area contributed by atoms with Gasteiger partial charge in [-0.25, -0.2) is 10.2 Å². The van der Waals surface area contributed by atoms with E-state index in [-0.39, 0.29) is 0 Å². The van der Waals surface area contributed by atoms with E-state index in [2.05, 4.69) is 10.9 Å². The predicted octanol–water partition coefficient (Wildman–Crippen LogP) is 2.59. The molecule has 0 aliphatic carbocycles. The summed E-state index contributed by atoms with van der Waals surface area (Å²) in [5.41, 5.74) is 5.16. The highest BCUT2D eigenvalue weighted by Gasteiger charge is 2.16. The van der Waals surface area contributed by atoms with Gasteiger partial charge in [-0.05, 0) is 38.5 Å². The second kappa shape index (κ2) is 6.43. The maximum Gasteiger partial charge on any atom is 0.426 e. The molecule has 0 saturated heterocycles. The number of hydrazine groups is 1. The van der Waals surface area contributed by atoms with Crippen molar-refractivity contribution in [2.24, 2.45) is 0 Å². The fourth-order valence-electron chi connectivity index (χ4n) is 1.23. The highest BCUT2D eigenvalue weighted by atomic mass is 35.5. The average molecular weight is 285 g/mol. The van der Waals surface area contributed by atoms with Crippen molar-refractivity contribution >= 4 is 23.6 Å². The first-order valence-electron chi connectivity index (χ1n) is 5.76. The van der Waals surface area contributed by atoms with E-state index in [0.29, 0.717) is 11.4 Å². The fourth-order valence-corrected chi connectivity index (χ4v) is 1.41. The van der Waals surface area contributed by atoms with E-state index in [1.165, 1.54) is 0 Å². The minimum absolute atomic E-state index is 0.387. The summed E-state index contributed by atoms with van der Waals surface area (Å²) in [4.78, 5) is 23.0. The number of carbonyl (C=O) groups excluding carboxylic acids is 2. The number of hydrogen-bond acceptors (Lipinski definition) is 3. The number of nitrogens with one attached hydrogen (secondary N) is 2. The molecule has 1 rings (SSSR count). The van der Waals surface area contributed by atoms with Crippen LogP contribution in [0.25, 0.3) is 0 Å². The molecule has 2 amide bonds. The summed E-state index contributed by atoms with van der Waals surface area (Å²) >= 11 is 5.65. The van der Waals surface area contributed by atoms with Gasteiger partial charge in [-0.3, -0.25) is 10.2 Å². The van der Waals surface area contributed by atoms with E-state index in [1.807, 2.05) is 0 Å². The minimum atomic E-state index is -0.710. The third-order valence-electron chi connectivity index (χ3n) is 2.05. The lowest BCUT2D eigenvalue weighted by molar-refractivity contribution is 0.0483. The summed E-state index contributed by atoms with van der Waals surface area (Å²) in [6.45, 7) is 5.21. The van der Waals surface area contributed by atoms with Gasteiger partial charge in [0, 0.05) is 11.4 Å². The van der Waals surface area contributed by atoms with Crippen molar-refractivity contribution in [3.05, 3.63) is 35.4 Å². The summed E-state index contributed by atoms with van der Waals surface area (Å²) < 4.78 is 4.98. The van der Waals surface area contributed by atoms with Gasteiger partial charge in [-0.15, -0.1) is 11.6 Å². The van der Waals surface area contributed by atoms with E-state index in [9.17, 15) is 9.59 Å². The number of carbonyl (C=O) groups is 2. The van der Waals surface area contributed by atoms with Gasteiger partial charge in [0.1, 0.15) is 5.60 Å². The van der Waals surface area contributed by atoms with Crippen molar-refractivity contribution in [3.8, 4) is 0 Å².